The highest BCUT2D eigenvalue weighted by atomic mass is 16.8. The Morgan fingerprint density at radius 1 is 1.14 bits per heavy atom. The van der Waals surface area contributed by atoms with Crippen LogP contribution >= 0.6 is 0 Å². The van der Waals surface area contributed by atoms with Gasteiger partial charge in [-0.2, -0.15) is 0 Å². The molecule has 0 saturated heterocycles. The zero-order valence-electron chi connectivity index (χ0n) is 9.99. The third kappa shape index (κ3) is 3.53. The van der Waals surface area contributed by atoms with Gasteiger partial charge in [0.15, 0.2) is 0 Å². The summed E-state index contributed by atoms with van der Waals surface area (Å²) in [6.07, 6.45) is 0.494. The smallest absolute Gasteiger partial charge is 0.217 e. The van der Waals surface area contributed by atoms with E-state index in [0.29, 0.717) is 0 Å². The van der Waals surface area contributed by atoms with Gasteiger partial charge in [-0.1, -0.05) is 6.92 Å². The monoisotopic (exact) mass is 206 g/mol. The van der Waals surface area contributed by atoms with E-state index in [0.717, 1.165) is 6.42 Å². The first-order chi connectivity index (χ1) is 6.53. The van der Waals surface area contributed by atoms with E-state index in [1.165, 1.54) is 0 Å². The van der Waals surface area contributed by atoms with Gasteiger partial charge >= 0.3 is 0 Å². The summed E-state index contributed by atoms with van der Waals surface area (Å²) in [5.74, 6) is -0.862. The summed E-state index contributed by atoms with van der Waals surface area (Å²) in [4.78, 5) is 0. The zero-order valence-corrected chi connectivity index (χ0v) is 9.99. The SMILES string of the molecule is CCC(C)O[C@@](C)(OC)C(OC)OC. The Hall–Kier alpha value is -0.160. The summed E-state index contributed by atoms with van der Waals surface area (Å²) in [5.41, 5.74) is 0. The highest BCUT2D eigenvalue weighted by Crippen LogP contribution is 2.22. The van der Waals surface area contributed by atoms with E-state index in [1.807, 2.05) is 6.92 Å². The molecule has 0 aliphatic rings. The van der Waals surface area contributed by atoms with Crippen molar-refractivity contribution in [1.29, 1.82) is 0 Å². The standard InChI is InChI=1S/C10H22O4/c1-7-8(2)14-10(3,13-6)9(11-4)12-5/h8-9H,7H2,1-6H3/t8?,10-/m1/s1. The van der Waals surface area contributed by atoms with E-state index >= 15 is 0 Å². The third-order valence-corrected chi connectivity index (χ3v) is 2.27. The van der Waals surface area contributed by atoms with Crippen LogP contribution in [-0.4, -0.2) is 39.5 Å². The molecule has 0 fully saturated rings. The lowest BCUT2D eigenvalue weighted by Crippen LogP contribution is -2.47. The van der Waals surface area contributed by atoms with Gasteiger partial charge in [0.2, 0.25) is 12.1 Å². The van der Waals surface area contributed by atoms with Gasteiger partial charge in [-0.05, 0) is 20.3 Å². The molecule has 0 amide bonds. The molecule has 0 heterocycles. The molecule has 0 radical (unpaired) electrons. The Kier molecular flexibility index (Phi) is 6.27. The summed E-state index contributed by atoms with van der Waals surface area (Å²) in [6.45, 7) is 5.84. The van der Waals surface area contributed by atoms with Crippen molar-refractivity contribution in [2.75, 3.05) is 21.3 Å². The number of ether oxygens (including phenoxy) is 4. The Balaban J connectivity index is 4.43. The predicted octanol–water partition coefficient (Wildman–Crippen LogP) is 1.78. The molecule has 4 nitrogen and oxygen atoms in total. The minimum absolute atomic E-state index is 0.104. The maximum absolute atomic E-state index is 5.71. The van der Waals surface area contributed by atoms with Crippen LogP contribution in [0.1, 0.15) is 27.2 Å². The summed E-state index contributed by atoms with van der Waals surface area (Å²) < 4.78 is 21.2. The van der Waals surface area contributed by atoms with E-state index < -0.39 is 12.1 Å². The molecule has 0 aromatic carbocycles. The first-order valence-corrected chi connectivity index (χ1v) is 4.82. The van der Waals surface area contributed by atoms with Gasteiger partial charge in [0.05, 0.1) is 6.10 Å². The number of methoxy groups -OCH3 is 3. The molecule has 0 saturated carbocycles. The van der Waals surface area contributed by atoms with Crippen molar-refractivity contribution in [3.8, 4) is 0 Å². The van der Waals surface area contributed by atoms with Crippen molar-refractivity contribution in [3.05, 3.63) is 0 Å². The molecular weight excluding hydrogens is 184 g/mol. The van der Waals surface area contributed by atoms with Gasteiger partial charge in [0.25, 0.3) is 0 Å². The van der Waals surface area contributed by atoms with Crippen molar-refractivity contribution in [2.24, 2.45) is 0 Å². The van der Waals surface area contributed by atoms with Crippen LogP contribution in [-0.2, 0) is 18.9 Å². The summed E-state index contributed by atoms with van der Waals surface area (Å²) in [7, 11) is 4.70. The third-order valence-electron chi connectivity index (χ3n) is 2.27. The van der Waals surface area contributed by atoms with E-state index in [1.54, 1.807) is 28.3 Å². The van der Waals surface area contributed by atoms with Gasteiger partial charge < -0.3 is 18.9 Å². The molecule has 0 aromatic rings. The highest BCUT2D eigenvalue weighted by Gasteiger charge is 2.37. The molecule has 0 spiro atoms. The number of hydrogen-bond acceptors (Lipinski definition) is 4. The van der Waals surface area contributed by atoms with E-state index in [9.17, 15) is 0 Å². The van der Waals surface area contributed by atoms with Crippen LogP contribution in [0.3, 0.4) is 0 Å². The van der Waals surface area contributed by atoms with Crippen molar-refractivity contribution < 1.29 is 18.9 Å². The quantitative estimate of drug-likeness (QED) is 0.595. The van der Waals surface area contributed by atoms with Gasteiger partial charge in [0.1, 0.15) is 0 Å². The molecule has 0 aromatic heterocycles. The summed E-state index contributed by atoms with van der Waals surface area (Å²) >= 11 is 0. The van der Waals surface area contributed by atoms with Crippen LogP contribution in [0.2, 0.25) is 0 Å². The van der Waals surface area contributed by atoms with Crippen LogP contribution in [0.4, 0.5) is 0 Å². The fourth-order valence-corrected chi connectivity index (χ4v) is 1.21. The lowest BCUT2D eigenvalue weighted by molar-refractivity contribution is -0.337. The maximum atomic E-state index is 5.71. The van der Waals surface area contributed by atoms with Crippen molar-refractivity contribution in [1.82, 2.24) is 0 Å². The van der Waals surface area contributed by atoms with Crippen molar-refractivity contribution in [2.45, 2.75) is 45.4 Å². The first kappa shape index (κ1) is 13.8. The molecule has 0 rings (SSSR count). The first-order valence-electron chi connectivity index (χ1n) is 4.82. The van der Waals surface area contributed by atoms with E-state index in [4.69, 9.17) is 18.9 Å². The lowest BCUT2D eigenvalue weighted by Gasteiger charge is -2.35. The summed E-state index contributed by atoms with van der Waals surface area (Å²) in [5, 5.41) is 0. The molecule has 0 N–H and O–H groups in total. The molecule has 1 unspecified atom stereocenters. The molecule has 0 aliphatic heterocycles. The second kappa shape index (κ2) is 6.35. The van der Waals surface area contributed by atoms with Crippen LogP contribution in [0.5, 0.6) is 0 Å². The average molecular weight is 206 g/mol. The predicted molar refractivity (Wildman–Crippen MR) is 54.1 cm³/mol. The molecule has 0 bridgehead atoms. The topological polar surface area (TPSA) is 36.9 Å². The Bertz CT molecular complexity index is 147. The number of hydrogen-bond donors (Lipinski definition) is 0. The molecule has 86 valence electrons. The van der Waals surface area contributed by atoms with Crippen molar-refractivity contribution in [3.63, 3.8) is 0 Å². The van der Waals surface area contributed by atoms with Gasteiger partial charge in [-0.3, -0.25) is 0 Å². The van der Waals surface area contributed by atoms with Gasteiger partial charge in [-0.15, -0.1) is 0 Å². The molecule has 14 heavy (non-hydrogen) atoms. The van der Waals surface area contributed by atoms with Crippen LogP contribution < -0.4 is 0 Å². The maximum Gasteiger partial charge on any atom is 0.217 e. The second-order valence-corrected chi connectivity index (χ2v) is 3.36. The van der Waals surface area contributed by atoms with E-state index in [2.05, 4.69) is 6.92 Å². The Morgan fingerprint density at radius 2 is 1.64 bits per heavy atom. The zero-order chi connectivity index (χ0) is 11.2. The van der Waals surface area contributed by atoms with Gasteiger partial charge in [-0.25, -0.2) is 0 Å². The molecule has 4 heteroatoms. The van der Waals surface area contributed by atoms with Crippen LogP contribution in [0.25, 0.3) is 0 Å². The second-order valence-electron chi connectivity index (χ2n) is 3.36. The van der Waals surface area contributed by atoms with Crippen LogP contribution in [0.15, 0.2) is 0 Å². The highest BCUT2D eigenvalue weighted by molar-refractivity contribution is 4.69. The molecular formula is C10H22O4. The molecule has 2 atom stereocenters. The Labute approximate surface area is 86.5 Å². The molecule has 0 aliphatic carbocycles. The lowest BCUT2D eigenvalue weighted by atomic mass is 10.2. The fraction of sp³-hybridized carbons (Fsp3) is 1.00. The number of rotatable bonds is 7. The van der Waals surface area contributed by atoms with E-state index in [-0.39, 0.29) is 6.10 Å². The largest absolute Gasteiger partial charge is 0.351 e. The fourth-order valence-electron chi connectivity index (χ4n) is 1.21. The Morgan fingerprint density at radius 3 is 1.93 bits per heavy atom. The normalized spacial score (nSPS) is 18.2. The minimum Gasteiger partial charge on any atom is -0.351 e. The minimum atomic E-state index is -0.862. The summed E-state index contributed by atoms with van der Waals surface area (Å²) in [6, 6.07) is 0. The van der Waals surface area contributed by atoms with Crippen molar-refractivity contribution >= 4 is 0 Å². The average Bonchev–Trinajstić information content (AvgIpc) is 2.19. The van der Waals surface area contributed by atoms with Gasteiger partial charge in [0, 0.05) is 21.3 Å². The van der Waals surface area contributed by atoms with Crippen LogP contribution in [0, 0.1) is 0 Å².